The standard InChI is InChI=1S/C8H15N3.ClH/c1-7(2)6-9-8-4-5-11(3)10-8;/h4-5,7H,6H2,1-3H3,(H,9,10);1H. The molecule has 1 N–H and O–H groups in total. The Morgan fingerprint density at radius 2 is 2.25 bits per heavy atom. The van der Waals surface area contributed by atoms with Gasteiger partial charge in [-0.1, -0.05) is 13.8 Å². The summed E-state index contributed by atoms with van der Waals surface area (Å²) in [6, 6.07) is 1.97. The second-order valence-corrected chi connectivity index (χ2v) is 3.15. The molecule has 0 unspecified atom stereocenters. The lowest BCUT2D eigenvalue weighted by atomic mass is 10.2. The van der Waals surface area contributed by atoms with E-state index in [0.29, 0.717) is 5.92 Å². The Morgan fingerprint density at radius 1 is 1.58 bits per heavy atom. The van der Waals surface area contributed by atoms with Crippen LogP contribution < -0.4 is 5.32 Å². The summed E-state index contributed by atoms with van der Waals surface area (Å²) < 4.78 is 1.79. The van der Waals surface area contributed by atoms with Gasteiger partial charge in [0.2, 0.25) is 0 Å². The molecule has 0 radical (unpaired) electrons. The van der Waals surface area contributed by atoms with Crippen LogP contribution in [0.1, 0.15) is 13.8 Å². The molecule has 0 fully saturated rings. The first kappa shape index (κ1) is 11.3. The molecule has 12 heavy (non-hydrogen) atoms. The first-order chi connectivity index (χ1) is 5.18. The Bertz CT molecular complexity index is 220. The zero-order valence-corrected chi connectivity index (χ0v) is 8.56. The quantitative estimate of drug-likeness (QED) is 0.788. The van der Waals surface area contributed by atoms with Crippen LogP contribution in [0.4, 0.5) is 5.82 Å². The Kier molecular flexibility index (Phi) is 4.74. The number of nitrogens with zero attached hydrogens (tertiary/aromatic N) is 2. The molecule has 0 bridgehead atoms. The predicted octanol–water partition coefficient (Wildman–Crippen LogP) is 1.91. The molecule has 1 aromatic heterocycles. The topological polar surface area (TPSA) is 29.9 Å². The molecule has 0 atom stereocenters. The van der Waals surface area contributed by atoms with Gasteiger partial charge in [0.05, 0.1) is 0 Å². The average molecular weight is 190 g/mol. The van der Waals surface area contributed by atoms with Gasteiger partial charge in [0.1, 0.15) is 5.82 Å². The Hall–Kier alpha value is -0.700. The van der Waals surface area contributed by atoms with Gasteiger partial charge in [-0.05, 0) is 5.92 Å². The molecule has 1 heterocycles. The van der Waals surface area contributed by atoms with Crippen molar-refractivity contribution in [3.8, 4) is 0 Å². The number of anilines is 1. The van der Waals surface area contributed by atoms with Gasteiger partial charge in [-0.25, -0.2) is 0 Å². The molecule has 0 aromatic carbocycles. The minimum absolute atomic E-state index is 0. The van der Waals surface area contributed by atoms with E-state index < -0.39 is 0 Å². The third-order valence-electron chi connectivity index (χ3n) is 1.41. The van der Waals surface area contributed by atoms with Gasteiger partial charge in [-0.3, -0.25) is 4.68 Å². The third kappa shape index (κ3) is 3.62. The summed E-state index contributed by atoms with van der Waals surface area (Å²) in [6.45, 7) is 5.34. The van der Waals surface area contributed by atoms with Crippen molar-refractivity contribution in [2.24, 2.45) is 13.0 Å². The minimum atomic E-state index is 0. The second kappa shape index (κ2) is 5.04. The highest BCUT2D eigenvalue weighted by Gasteiger charge is 1.96. The third-order valence-corrected chi connectivity index (χ3v) is 1.41. The maximum absolute atomic E-state index is 4.19. The number of halogens is 1. The van der Waals surface area contributed by atoms with Crippen LogP contribution in [0.25, 0.3) is 0 Å². The van der Waals surface area contributed by atoms with Crippen molar-refractivity contribution in [2.75, 3.05) is 11.9 Å². The van der Waals surface area contributed by atoms with Crippen LogP contribution in [0.2, 0.25) is 0 Å². The molecule has 4 heteroatoms. The molecule has 1 aromatic rings. The lowest BCUT2D eigenvalue weighted by Crippen LogP contribution is -2.08. The van der Waals surface area contributed by atoms with Gasteiger partial charge in [0.15, 0.2) is 0 Å². The van der Waals surface area contributed by atoms with Gasteiger partial charge in [0, 0.05) is 25.9 Å². The average Bonchev–Trinajstić information content (AvgIpc) is 2.31. The number of aryl methyl sites for hydroxylation is 1. The summed E-state index contributed by atoms with van der Waals surface area (Å²) in [4.78, 5) is 0. The van der Waals surface area contributed by atoms with Crippen molar-refractivity contribution in [3.63, 3.8) is 0 Å². The summed E-state index contributed by atoms with van der Waals surface area (Å²) in [6.07, 6.45) is 1.93. The van der Waals surface area contributed by atoms with Crippen LogP contribution in [-0.4, -0.2) is 16.3 Å². The molecule has 0 amide bonds. The molecule has 0 aliphatic rings. The van der Waals surface area contributed by atoms with E-state index in [-0.39, 0.29) is 12.4 Å². The van der Waals surface area contributed by atoms with E-state index in [4.69, 9.17) is 0 Å². The van der Waals surface area contributed by atoms with Crippen LogP contribution in [-0.2, 0) is 7.05 Å². The van der Waals surface area contributed by atoms with E-state index in [1.807, 2.05) is 19.3 Å². The van der Waals surface area contributed by atoms with Gasteiger partial charge < -0.3 is 5.32 Å². The van der Waals surface area contributed by atoms with Crippen LogP contribution >= 0.6 is 12.4 Å². The zero-order chi connectivity index (χ0) is 8.27. The summed E-state index contributed by atoms with van der Waals surface area (Å²) >= 11 is 0. The SMILES string of the molecule is CC(C)CNc1ccn(C)n1.Cl. The van der Waals surface area contributed by atoms with Gasteiger partial charge >= 0.3 is 0 Å². The number of aromatic nitrogens is 2. The predicted molar refractivity (Wildman–Crippen MR) is 53.8 cm³/mol. The molecule has 0 saturated carbocycles. The van der Waals surface area contributed by atoms with Crippen LogP contribution in [0.3, 0.4) is 0 Å². The maximum Gasteiger partial charge on any atom is 0.147 e. The largest absolute Gasteiger partial charge is 0.368 e. The minimum Gasteiger partial charge on any atom is -0.368 e. The fourth-order valence-electron chi connectivity index (χ4n) is 0.818. The molecule has 70 valence electrons. The summed E-state index contributed by atoms with van der Waals surface area (Å²) in [5.41, 5.74) is 0. The number of nitrogens with one attached hydrogen (secondary N) is 1. The zero-order valence-electron chi connectivity index (χ0n) is 7.74. The van der Waals surface area contributed by atoms with Gasteiger partial charge in [-0.2, -0.15) is 5.10 Å². The highest BCUT2D eigenvalue weighted by molar-refractivity contribution is 5.85. The molecule has 3 nitrogen and oxygen atoms in total. The molecule has 1 rings (SSSR count). The van der Waals surface area contributed by atoms with Crippen LogP contribution in [0.5, 0.6) is 0 Å². The lowest BCUT2D eigenvalue weighted by molar-refractivity contribution is 0.682. The second-order valence-electron chi connectivity index (χ2n) is 3.15. The molecule has 0 saturated heterocycles. The van der Waals surface area contributed by atoms with Crippen LogP contribution in [0, 0.1) is 5.92 Å². The molecule has 0 aliphatic heterocycles. The highest BCUT2D eigenvalue weighted by atomic mass is 35.5. The van der Waals surface area contributed by atoms with Crippen molar-refractivity contribution in [1.82, 2.24) is 9.78 Å². The molecular weight excluding hydrogens is 174 g/mol. The smallest absolute Gasteiger partial charge is 0.147 e. The maximum atomic E-state index is 4.19. The monoisotopic (exact) mass is 189 g/mol. The van der Waals surface area contributed by atoms with Crippen molar-refractivity contribution >= 4 is 18.2 Å². The molecule has 0 spiro atoms. The van der Waals surface area contributed by atoms with Crippen LogP contribution in [0.15, 0.2) is 12.3 Å². The molecule has 0 aliphatic carbocycles. The van der Waals surface area contributed by atoms with Gasteiger partial charge in [-0.15, -0.1) is 12.4 Å². The normalized spacial score (nSPS) is 9.67. The Labute approximate surface area is 79.6 Å². The van der Waals surface area contributed by atoms with Crippen molar-refractivity contribution < 1.29 is 0 Å². The lowest BCUT2D eigenvalue weighted by Gasteiger charge is -2.04. The highest BCUT2D eigenvalue weighted by Crippen LogP contribution is 2.01. The first-order valence-corrected chi connectivity index (χ1v) is 3.92. The fraction of sp³-hybridized carbons (Fsp3) is 0.625. The summed E-state index contributed by atoms with van der Waals surface area (Å²) in [7, 11) is 1.92. The first-order valence-electron chi connectivity index (χ1n) is 3.92. The molecular formula is C8H16ClN3. The van der Waals surface area contributed by atoms with E-state index in [1.165, 1.54) is 0 Å². The summed E-state index contributed by atoms with van der Waals surface area (Å²) in [5, 5.41) is 7.42. The number of hydrogen-bond acceptors (Lipinski definition) is 2. The van der Waals surface area contributed by atoms with Crippen molar-refractivity contribution in [1.29, 1.82) is 0 Å². The Balaban J connectivity index is 0.00000121. The van der Waals surface area contributed by atoms with E-state index in [1.54, 1.807) is 4.68 Å². The fourth-order valence-corrected chi connectivity index (χ4v) is 0.818. The summed E-state index contributed by atoms with van der Waals surface area (Å²) in [5.74, 6) is 1.62. The van der Waals surface area contributed by atoms with E-state index in [0.717, 1.165) is 12.4 Å². The van der Waals surface area contributed by atoms with Crippen molar-refractivity contribution in [2.45, 2.75) is 13.8 Å². The van der Waals surface area contributed by atoms with E-state index >= 15 is 0 Å². The Morgan fingerprint density at radius 3 is 2.67 bits per heavy atom. The van der Waals surface area contributed by atoms with E-state index in [9.17, 15) is 0 Å². The number of rotatable bonds is 3. The number of hydrogen-bond donors (Lipinski definition) is 1. The van der Waals surface area contributed by atoms with Gasteiger partial charge in [0.25, 0.3) is 0 Å². The van der Waals surface area contributed by atoms with E-state index in [2.05, 4.69) is 24.3 Å². The van der Waals surface area contributed by atoms with Crippen molar-refractivity contribution in [3.05, 3.63) is 12.3 Å².